The summed E-state index contributed by atoms with van der Waals surface area (Å²) in [5.41, 5.74) is -8.07. The van der Waals surface area contributed by atoms with Crippen LogP contribution >= 0.6 is 56.6 Å². The van der Waals surface area contributed by atoms with Crippen molar-refractivity contribution in [2.75, 3.05) is 13.2 Å². The van der Waals surface area contributed by atoms with Gasteiger partial charge in [0.2, 0.25) is 11.2 Å². The number of H-pyrrole nitrogens is 2. The summed E-state index contributed by atoms with van der Waals surface area (Å²) in [5, 5.41) is 68.9. The van der Waals surface area contributed by atoms with Gasteiger partial charge in [-0.15, -0.1) is 0 Å². The molecule has 5 aliphatic rings. The zero-order valence-corrected chi connectivity index (χ0v) is 70.8. The zero-order valence-electron chi connectivity index (χ0n) is 65.8. The fourth-order valence-electron chi connectivity index (χ4n) is 14.1. The second kappa shape index (κ2) is 42.3. The summed E-state index contributed by atoms with van der Waals surface area (Å²) in [6.45, 7) is 3.37. The van der Waals surface area contributed by atoms with Gasteiger partial charge >= 0.3 is 51.4 Å². The number of aromatic amines is 2. The highest BCUT2D eigenvalue weighted by atomic mass is 35.7. The first kappa shape index (κ1) is 92.8. The highest BCUT2D eigenvalue weighted by molar-refractivity contribution is 7.84. The molecule has 119 heavy (non-hydrogen) atoms. The van der Waals surface area contributed by atoms with Crippen LogP contribution in [0.5, 0.6) is 17.2 Å². The molecule has 13 rings (SSSR count). The Kier molecular flexibility index (Phi) is 33.0. The number of rotatable bonds is 25. The molecule has 0 radical (unpaired) electrons. The number of aliphatic hydroxyl groups excluding tert-OH is 3. The lowest BCUT2D eigenvalue weighted by Crippen LogP contribution is -2.48. The van der Waals surface area contributed by atoms with E-state index in [9.17, 15) is 67.7 Å². The van der Waals surface area contributed by atoms with Crippen LogP contribution in [0.15, 0.2) is 171 Å². The average molecular weight is 1760 g/mol. The molecule has 2 aromatic heterocycles. The lowest BCUT2D eigenvalue weighted by atomic mass is 9.95. The third-order valence-electron chi connectivity index (χ3n) is 20.5. The minimum atomic E-state index is -4.45. The molecule has 31 nitrogen and oxygen atoms in total. The fourth-order valence-corrected chi connectivity index (χ4v) is 19.2. The SMILES string of the molecule is CC(C)P(=O)(N[C@@H](C)C(=O)OC1CCCCC1)Oc1cccc2ccccc12.C[C@H](NP(=O)(Cl)Oc1cccc2ccccc12)C(=O)OC1CCCCC1.C[C@H](NP(=O)(OC[C@H]1O[C@@H](n2ccc(=O)[nH]c2=O)[C@@](O)(C#CCl)[C@@H]1O)Oc1cccc2ccccc12)C(=O)OC1CCCCC1.O=c1ccn([C@@H]2O[C@H](CO)[C@@H](O)[C@]2(O)C#CCl)c(=O)[nH]1. The smallest absolute Gasteiger partial charge is 0.459 e. The molecule has 10 N–H and O–H groups in total. The van der Waals surface area contributed by atoms with Crippen LogP contribution in [0.25, 0.3) is 32.3 Å². The summed E-state index contributed by atoms with van der Waals surface area (Å²) in [5.74, 6) is 4.08. The van der Waals surface area contributed by atoms with E-state index in [0.29, 0.717) is 16.9 Å². The molecule has 4 heterocycles. The van der Waals surface area contributed by atoms with E-state index in [1.807, 2.05) is 126 Å². The first-order valence-electron chi connectivity index (χ1n) is 39.0. The predicted octanol–water partition coefficient (Wildman–Crippen LogP) is 11.7. The summed E-state index contributed by atoms with van der Waals surface area (Å²) >= 11 is 16.9. The van der Waals surface area contributed by atoms with E-state index in [-0.39, 0.29) is 35.7 Å². The molecule has 3 unspecified atom stereocenters. The number of ether oxygens (including phenoxy) is 5. The number of nitrogens with one attached hydrogen (secondary N) is 5. The van der Waals surface area contributed by atoms with Crippen molar-refractivity contribution in [1.29, 1.82) is 0 Å². The van der Waals surface area contributed by atoms with Crippen molar-refractivity contribution < 1.29 is 95.4 Å². The van der Waals surface area contributed by atoms with Crippen LogP contribution in [-0.4, -0.2) is 153 Å². The Hall–Kier alpha value is -8.49. The lowest BCUT2D eigenvalue weighted by molar-refractivity contribution is -0.153. The van der Waals surface area contributed by atoms with Crippen molar-refractivity contribution in [3.8, 4) is 39.8 Å². The van der Waals surface area contributed by atoms with E-state index in [1.54, 1.807) is 50.2 Å². The van der Waals surface area contributed by atoms with E-state index in [1.165, 1.54) is 19.8 Å². The van der Waals surface area contributed by atoms with Crippen LogP contribution in [0.4, 0.5) is 0 Å². The molecule has 37 heteroatoms. The number of hydrogen-bond acceptors (Lipinski definition) is 24. The molecular weight excluding hydrogens is 1670 g/mol. The first-order valence-corrected chi connectivity index (χ1v) is 45.5. The highest BCUT2D eigenvalue weighted by Gasteiger charge is 2.58. The Morgan fingerprint density at radius 2 is 0.857 bits per heavy atom. The third-order valence-corrected chi connectivity index (χ3v) is 26.5. The van der Waals surface area contributed by atoms with Crippen LogP contribution in [0.2, 0.25) is 0 Å². The quantitative estimate of drug-likeness (QED) is 0.0110. The van der Waals surface area contributed by atoms with E-state index < -0.39 is 136 Å². The van der Waals surface area contributed by atoms with Crippen molar-refractivity contribution >= 4 is 107 Å². The maximum Gasteiger partial charge on any atom is 0.459 e. The molecule has 3 aliphatic carbocycles. The average Bonchev–Trinajstić information content (AvgIpc) is 1.61. The van der Waals surface area contributed by atoms with Gasteiger partial charge in [0.25, 0.3) is 11.1 Å². The Bertz CT molecular complexity index is 5370. The van der Waals surface area contributed by atoms with Gasteiger partial charge in [0, 0.05) is 62.7 Å². The summed E-state index contributed by atoms with van der Waals surface area (Å²) in [6, 6.07) is 38.2. The second-order valence-corrected chi connectivity index (χ2v) is 37.0. The number of aromatic nitrogens is 4. The second-order valence-electron chi connectivity index (χ2n) is 29.6. The van der Waals surface area contributed by atoms with Crippen LogP contribution < -0.4 is 51.3 Å². The Labute approximate surface area is 700 Å². The molecule has 3 saturated carbocycles. The number of fused-ring (bicyclic) bond motifs is 3. The van der Waals surface area contributed by atoms with Gasteiger partial charge in [-0.3, -0.25) is 52.2 Å². The topological polar surface area (TPSA) is 432 Å². The fraction of sp³-hybridized carbons (Fsp3) is 0.451. The van der Waals surface area contributed by atoms with Gasteiger partial charge in [0.1, 0.15) is 78.1 Å². The molecule has 8 aromatic rings. The highest BCUT2D eigenvalue weighted by Crippen LogP contribution is 2.53. The summed E-state index contributed by atoms with van der Waals surface area (Å²) in [7, 11) is -7.79. The van der Waals surface area contributed by atoms with Gasteiger partial charge in [-0.1, -0.05) is 142 Å². The predicted molar refractivity (Wildman–Crippen MR) is 447 cm³/mol. The van der Waals surface area contributed by atoms with Crippen molar-refractivity contribution in [3.05, 3.63) is 194 Å². The lowest BCUT2D eigenvalue weighted by Gasteiger charge is -2.28. The normalized spacial score (nSPS) is 23.6. The molecule has 0 amide bonds. The number of carbonyl (C=O) groups is 3. The van der Waals surface area contributed by atoms with Gasteiger partial charge < -0.3 is 62.8 Å². The molecule has 2 saturated heterocycles. The number of nitrogens with zero attached hydrogens (tertiary/aromatic N) is 2. The number of benzene rings is 6. The van der Waals surface area contributed by atoms with E-state index in [4.69, 9.17) is 81.3 Å². The molecule has 14 atom stereocenters. The summed E-state index contributed by atoms with van der Waals surface area (Å²) < 4.78 is 93.2. The van der Waals surface area contributed by atoms with Crippen molar-refractivity contribution in [2.24, 2.45) is 0 Å². The third kappa shape index (κ3) is 24.2. The van der Waals surface area contributed by atoms with Gasteiger partial charge in [-0.2, -0.15) is 5.09 Å². The van der Waals surface area contributed by atoms with Crippen molar-refractivity contribution in [1.82, 2.24) is 34.4 Å². The Morgan fingerprint density at radius 3 is 1.24 bits per heavy atom. The number of hydrogen-bond donors (Lipinski definition) is 10. The molecule has 2 aliphatic heterocycles. The van der Waals surface area contributed by atoms with Crippen LogP contribution in [0.3, 0.4) is 0 Å². The van der Waals surface area contributed by atoms with Crippen molar-refractivity contribution in [2.45, 2.75) is 221 Å². The first-order chi connectivity index (χ1) is 56.8. The monoisotopic (exact) mass is 1760 g/mol. The minimum Gasteiger partial charge on any atom is -0.461 e. The molecular formula is C82H97Cl3N7O24P3. The number of carbonyl (C=O) groups excluding carboxylic acids is 3. The molecule has 640 valence electrons. The zero-order chi connectivity index (χ0) is 85.8. The van der Waals surface area contributed by atoms with E-state index >= 15 is 0 Å². The number of aliphatic hydroxyl groups is 5. The largest absolute Gasteiger partial charge is 0.461 e. The van der Waals surface area contributed by atoms with Crippen molar-refractivity contribution in [3.63, 3.8) is 0 Å². The van der Waals surface area contributed by atoms with E-state index in [0.717, 1.165) is 144 Å². The van der Waals surface area contributed by atoms with Gasteiger partial charge in [-0.25, -0.2) is 28.9 Å². The van der Waals surface area contributed by atoms with Crippen LogP contribution in [0.1, 0.15) is 143 Å². The standard InChI is InChI=1S/C30H33ClN3O10P.C22H30NO4P.C19H23ClNO4P.C11H11ClN2O6/c1-19(27(37)42-21-10-3-2-4-11-21)33-45(40,44-23-13-7-9-20-8-5-6-12-22(20)23)41-18-24-26(36)30(39,15-16-31)28(43-24)34-17-14-25(35)32-29(34)38;1-16(2)28(25,23-17(3)22(24)26-19-12-5-4-6-13-19)27-21-15-9-11-18-10-7-8-14-20(18)21;1-14(19(22)24-16-10-3-2-4-11-16)21-26(20,23)25-18-13-7-9-15-8-5-6-12-17(15)18;12-3-2-11(19)8(17)6(5-15)20-9(11)14-4-1-7(16)13-10(14)18/h5-9,12-14,17,19,21,24,26,28,36,39H,2-4,10-11,18H2,1H3,(H,33,40)(H,32,35,38);7-11,14-17,19H,4-6,12-13H2,1-3H3,(H,23,25);5-9,12-14,16H,2-4,10-11H2,1H3,(H,21,23);1,4,6,8-9,15,17,19H,5H2,(H,13,16,18)/t19-,24+,26+,28+,30+,45?;17-,28?;14-,26?;6-,8-,9-,11-/m0001/s1. The number of esters is 3. The molecule has 6 aromatic carbocycles. The van der Waals surface area contributed by atoms with Crippen LogP contribution in [0, 0.1) is 22.6 Å². The Balaban J connectivity index is 0.000000175. The van der Waals surface area contributed by atoms with Gasteiger partial charge in [0.15, 0.2) is 12.5 Å². The van der Waals surface area contributed by atoms with Crippen LogP contribution in [-0.2, 0) is 56.3 Å². The summed E-state index contributed by atoms with van der Waals surface area (Å²) in [4.78, 5) is 88.6. The van der Waals surface area contributed by atoms with Gasteiger partial charge in [0.05, 0.1) is 18.9 Å². The maximum absolute atomic E-state index is 14.3. The molecule has 5 fully saturated rings. The van der Waals surface area contributed by atoms with Gasteiger partial charge in [-0.05, 0) is 167 Å². The minimum absolute atomic E-state index is 0.0251. The molecule has 0 spiro atoms. The molecule has 0 bridgehead atoms. The Morgan fingerprint density at radius 1 is 0.504 bits per heavy atom. The maximum atomic E-state index is 14.3. The number of halogens is 3. The van der Waals surface area contributed by atoms with E-state index in [2.05, 4.69) is 27.1 Å². The summed E-state index contributed by atoms with van der Waals surface area (Å²) in [6.07, 6.45) is 7.44.